The molecular weight excluding hydrogens is 172 g/mol. The molecule has 0 saturated carbocycles. The molecule has 1 atom stereocenters. The molecule has 0 aromatic heterocycles. The lowest BCUT2D eigenvalue weighted by atomic mass is 10.1. The highest BCUT2D eigenvalue weighted by atomic mass is 15.1. The molecule has 0 rings (SSSR count). The second kappa shape index (κ2) is 8.25. The molecule has 1 unspecified atom stereocenters. The summed E-state index contributed by atoms with van der Waals surface area (Å²) in [5.41, 5.74) is 0. The highest BCUT2D eigenvalue weighted by Gasteiger charge is 2.10. The molecule has 0 aliphatic rings. The second-order valence-electron chi connectivity index (χ2n) is 4.41. The van der Waals surface area contributed by atoms with Crippen LogP contribution in [0, 0.1) is 5.92 Å². The van der Waals surface area contributed by atoms with E-state index in [1.165, 1.54) is 26.1 Å². The Morgan fingerprint density at radius 2 is 1.71 bits per heavy atom. The Bertz CT molecular complexity index is 123. The molecule has 1 N–H and O–H groups in total. The topological polar surface area (TPSA) is 15.3 Å². The van der Waals surface area contributed by atoms with Crippen LogP contribution >= 0.6 is 0 Å². The second-order valence-corrected chi connectivity index (χ2v) is 4.41. The molecule has 0 aromatic carbocycles. The fourth-order valence-electron chi connectivity index (χ4n) is 1.79. The van der Waals surface area contributed by atoms with Crippen molar-refractivity contribution in [3.63, 3.8) is 0 Å². The van der Waals surface area contributed by atoms with Crippen LogP contribution in [-0.4, -0.2) is 37.1 Å². The summed E-state index contributed by atoms with van der Waals surface area (Å²) < 4.78 is 0. The largest absolute Gasteiger partial charge is 0.313 e. The Morgan fingerprint density at radius 3 is 2.07 bits per heavy atom. The quantitative estimate of drug-likeness (QED) is 0.647. The Balaban J connectivity index is 3.87. The molecule has 0 amide bonds. The van der Waals surface area contributed by atoms with Crippen LogP contribution in [0.2, 0.25) is 0 Å². The molecule has 0 aromatic rings. The van der Waals surface area contributed by atoms with Gasteiger partial charge in [-0.1, -0.05) is 34.6 Å². The van der Waals surface area contributed by atoms with Gasteiger partial charge in [-0.25, -0.2) is 0 Å². The first kappa shape index (κ1) is 13.9. The van der Waals surface area contributed by atoms with Crippen LogP contribution in [0.5, 0.6) is 0 Å². The van der Waals surface area contributed by atoms with Gasteiger partial charge in [-0.2, -0.15) is 0 Å². The van der Waals surface area contributed by atoms with Crippen molar-refractivity contribution in [2.45, 2.75) is 47.1 Å². The van der Waals surface area contributed by atoms with Gasteiger partial charge in [-0.15, -0.1) is 0 Å². The van der Waals surface area contributed by atoms with E-state index in [1.807, 2.05) is 0 Å². The molecular formula is C12H28N2. The van der Waals surface area contributed by atoms with Gasteiger partial charge >= 0.3 is 0 Å². The van der Waals surface area contributed by atoms with E-state index in [0.29, 0.717) is 6.04 Å². The van der Waals surface area contributed by atoms with Crippen molar-refractivity contribution in [1.82, 2.24) is 10.2 Å². The van der Waals surface area contributed by atoms with Crippen LogP contribution in [0.3, 0.4) is 0 Å². The SMILES string of the molecule is CCNC(CC)CN(CC)CC(C)C. The minimum absolute atomic E-state index is 0.665. The molecule has 0 spiro atoms. The molecule has 2 heteroatoms. The lowest BCUT2D eigenvalue weighted by Gasteiger charge is -2.27. The smallest absolute Gasteiger partial charge is 0.0192 e. The minimum Gasteiger partial charge on any atom is -0.313 e. The van der Waals surface area contributed by atoms with E-state index >= 15 is 0 Å². The Hall–Kier alpha value is -0.0800. The third-order valence-electron chi connectivity index (χ3n) is 2.53. The van der Waals surface area contributed by atoms with Crippen LogP contribution < -0.4 is 5.32 Å². The normalized spacial score (nSPS) is 13.9. The maximum absolute atomic E-state index is 3.53. The summed E-state index contributed by atoms with van der Waals surface area (Å²) in [6.45, 7) is 15.9. The van der Waals surface area contributed by atoms with E-state index < -0.39 is 0 Å². The maximum Gasteiger partial charge on any atom is 0.0192 e. The lowest BCUT2D eigenvalue weighted by Crippen LogP contribution is -2.41. The molecule has 0 aliphatic carbocycles. The van der Waals surface area contributed by atoms with Gasteiger partial charge in [0, 0.05) is 19.1 Å². The van der Waals surface area contributed by atoms with Crippen LogP contribution in [0.4, 0.5) is 0 Å². The van der Waals surface area contributed by atoms with Gasteiger partial charge in [0.1, 0.15) is 0 Å². The molecule has 0 radical (unpaired) electrons. The number of nitrogens with zero attached hydrogens (tertiary/aromatic N) is 1. The summed E-state index contributed by atoms with van der Waals surface area (Å²) in [6.07, 6.45) is 1.22. The molecule has 0 aliphatic heterocycles. The predicted molar refractivity (Wildman–Crippen MR) is 64.7 cm³/mol. The summed E-state index contributed by atoms with van der Waals surface area (Å²) >= 11 is 0. The first-order chi connectivity index (χ1) is 6.63. The van der Waals surface area contributed by atoms with Crippen molar-refractivity contribution in [1.29, 1.82) is 0 Å². The Kier molecular flexibility index (Phi) is 8.20. The standard InChI is InChI=1S/C12H28N2/c1-6-12(13-7-2)10-14(8-3)9-11(4)5/h11-13H,6-10H2,1-5H3. The van der Waals surface area contributed by atoms with E-state index in [9.17, 15) is 0 Å². The van der Waals surface area contributed by atoms with Gasteiger partial charge in [0.2, 0.25) is 0 Å². The van der Waals surface area contributed by atoms with E-state index in [2.05, 4.69) is 44.8 Å². The first-order valence-electron chi connectivity index (χ1n) is 6.09. The molecule has 0 bridgehead atoms. The summed E-state index contributed by atoms with van der Waals surface area (Å²) in [5, 5.41) is 3.53. The minimum atomic E-state index is 0.665. The van der Waals surface area contributed by atoms with E-state index in [1.54, 1.807) is 0 Å². The summed E-state index contributed by atoms with van der Waals surface area (Å²) in [7, 11) is 0. The zero-order chi connectivity index (χ0) is 11.0. The predicted octanol–water partition coefficient (Wildman–Crippen LogP) is 2.35. The van der Waals surface area contributed by atoms with Crippen molar-refractivity contribution in [2.75, 3.05) is 26.2 Å². The average Bonchev–Trinajstić information content (AvgIpc) is 2.15. The number of rotatable bonds is 8. The fourth-order valence-corrected chi connectivity index (χ4v) is 1.79. The zero-order valence-electron chi connectivity index (χ0n) is 10.6. The molecule has 0 heterocycles. The summed E-state index contributed by atoms with van der Waals surface area (Å²) in [5.74, 6) is 0.772. The van der Waals surface area contributed by atoms with E-state index in [-0.39, 0.29) is 0 Å². The third kappa shape index (κ3) is 6.39. The highest BCUT2D eigenvalue weighted by molar-refractivity contribution is 4.70. The van der Waals surface area contributed by atoms with Crippen LogP contribution in [-0.2, 0) is 0 Å². The lowest BCUT2D eigenvalue weighted by molar-refractivity contribution is 0.226. The molecule has 86 valence electrons. The van der Waals surface area contributed by atoms with E-state index in [4.69, 9.17) is 0 Å². The molecule has 2 nitrogen and oxygen atoms in total. The summed E-state index contributed by atoms with van der Waals surface area (Å²) in [6, 6.07) is 0.665. The van der Waals surface area contributed by atoms with Crippen molar-refractivity contribution >= 4 is 0 Å². The molecule has 0 fully saturated rings. The van der Waals surface area contributed by atoms with E-state index in [0.717, 1.165) is 12.5 Å². The number of hydrogen-bond donors (Lipinski definition) is 1. The first-order valence-corrected chi connectivity index (χ1v) is 6.09. The van der Waals surface area contributed by atoms with Gasteiger partial charge in [0.15, 0.2) is 0 Å². The highest BCUT2D eigenvalue weighted by Crippen LogP contribution is 2.01. The number of nitrogens with one attached hydrogen (secondary N) is 1. The van der Waals surface area contributed by atoms with Crippen LogP contribution in [0.15, 0.2) is 0 Å². The van der Waals surface area contributed by atoms with Crippen LogP contribution in [0.1, 0.15) is 41.0 Å². The Morgan fingerprint density at radius 1 is 1.07 bits per heavy atom. The van der Waals surface area contributed by atoms with Crippen molar-refractivity contribution in [3.05, 3.63) is 0 Å². The number of hydrogen-bond acceptors (Lipinski definition) is 2. The molecule has 0 saturated heterocycles. The van der Waals surface area contributed by atoms with Crippen molar-refractivity contribution in [3.8, 4) is 0 Å². The van der Waals surface area contributed by atoms with Crippen LogP contribution in [0.25, 0.3) is 0 Å². The third-order valence-corrected chi connectivity index (χ3v) is 2.53. The monoisotopic (exact) mass is 200 g/mol. The van der Waals surface area contributed by atoms with Crippen molar-refractivity contribution in [2.24, 2.45) is 5.92 Å². The van der Waals surface area contributed by atoms with Gasteiger partial charge in [0.05, 0.1) is 0 Å². The zero-order valence-corrected chi connectivity index (χ0v) is 10.6. The maximum atomic E-state index is 3.53. The number of likely N-dealkylation sites (N-methyl/N-ethyl adjacent to an activating group) is 2. The Labute approximate surface area is 90.1 Å². The van der Waals surface area contributed by atoms with Gasteiger partial charge in [-0.3, -0.25) is 0 Å². The average molecular weight is 200 g/mol. The van der Waals surface area contributed by atoms with Gasteiger partial charge in [-0.05, 0) is 25.4 Å². The molecule has 14 heavy (non-hydrogen) atoms. The summed E-state index contributed by atoms with van der Waals surface area (Å²) in [4.78, 5) is 2.54. The van der Waals surface area contributed by atoms with Gasteiger partial charge < -0.3 is 10.2 Å². The van der Waals surface area contributed by atoms with Gasteiger partial charge in [0.25, 0.3) is 0 Å². The van der Waals surface area contributed by atoms with Crippen molar-refractivity contribution < 1.29 is 0 Å². The fraction of sp³-hybridized carbons (Fsp3) is 1.00.